The van der Waals surface area contributed by atoms with E-state index in [1.807, 2.05) is 34.6 Å². The quantitative estimate of drug-likeness (QED) is 0.446. The van der Waals surface area contributed by atoms with E-state index in [1.165, 1.54) is 0 Å². The van der Waals surface area contributed by atoms with Gasteiger partial charge in [-0.15, -0.1) is 0 Å². The predicted molar refractivity (Wildman–Crippen MR) is 88.4 cm³/mol. The molecule has 0 aromatic rings. The molecule has 4 nitrogen and oxygen atoms in total. The van der Waals surface area contributed by atoms with Gasteiger partial charge in [0.05, 0.1) is 13.2 Å². The monoisotopic (exact) mass is 312 g/mol. The van der Waals surface area contributed by atoms with Crippen molar-refractivity contribution in [1.82, 2.24) is 0 Å². The average Bonchev–Trinajstić information content (AvgIpc) is 2.46. The van der Waals surface area contributed by atoms with Crippen molar-refractivity contribution < 1.29 is 19.1 Å². The summed E-state index contributed by atoms with van der Waals surface area (Å²) < 4.78 is 10.6. The summed E-state index contributed by atoms with van der Waals surface area (Å²) in [5.41, 5.74) is 0.946. The lowest BCUT2D eigenvalue weighted by Crippen LogP contribution is -2.19. The van der Waals surface area contributed by atoms with Gasteiger partial charge in [-0.1, -0.05) is 48.0 Å². The molecule has 0 fully saturated rings. The average molecular weight is 312 g/mol. The Morgan fingerprint density at radius 1 is 0.818 bits per heavy atom. The van der Waals surface area contributed by atoms with E-state index < -0.39 is 0 Å². The number of hydrogen-bond acceptors (Lipinski definition) is 4. The number of rotatable bonds is 10. The van der Waals surface area contributed by atoms with E-state index in [-0.39, 0.29) is 23.8 Å². The molecule has 0 saturated carbocycles. The Bertz CT molecular complexity index is 381. The van der Waals surface area contributed by atoms with Crippen LogP contribution in [0.5, 0.6) is 0 Å². The summed E-state index contributed by atoms with van der Waals surface area (Å²) in [5.74, 6) is -0.215. The number of carbonyl (C=O) groups is 2. The molecule has 0 heterocycles. The van der Waals surface area contributed by atoms with Gasteiger partial charge in [0.1, 0.15) is 0 Å². The van der Waals surface area contributed by atoms with Crippen LogP contribution in [0.4, 0.5) is 0 Å². The van der Waals surface area contributed by atoms with Gasteiger partial charge in [-0.3, -0.25) is 0 Å². The number of carbonyl (C=O) groups excluding carboxylic acids is 2. The first kappa shape index (κ1) is 20.7. The van der Waals surface area contributed by atoms with Crippen molar-refractivity contribution in [2.24, 2.45) is 11.8 Å². The molecule has 0 aliphatic heterocycles. The highest BCUT2D eigenvalue weighted by Gasteiger charge is 2.22. The Kier molecular flexibility index (Phi) is 10.6. The molecule has 0 amide bonds. The van der Waals surface area contributed by atoms with E-state index in [4.69, 9.17) is 9.47 Å². The maximum Gasteiger partial charge on any atom is 0.334 e. The summed E-state index contributed by atoms with van der Waals surface area (Å²) in [7, 11) is 0. The van der Waals surface area contributed by atoms with Crippen LogP contribution in [0.15, 0.2) is 11.1 Å². The van der Waals surface area contributed by atoms with Crippen LogP contribution in [0.1, 0.15) is 67.2 Å². The molecule has 0 spiro atoms. The van der Waals surface area contributed by atoms with E-state index in [0.29, 0.717) is 37.2 Å². The molecule has 0 unspecified atom stereocenters. The second-order valence-electron chi connectivity index (χ2n) is 6.40. The molecule has 0 aliphatic rings. The molecule has 0 atom stereocenters. The lowest BCUT2D eigenvalue weighted by atomic mass is 10.0. The van der Waals surface area contributed by atoms with Crippen LogP contribution < -0.4 is 0 Å². The first-order chi connectivity index (χ1) is 10.3. The van der Waals surface area contributed by atoms with Gasteiger partial charge in [0, 0.05) is 11.1 Å². The summed E-state index contributed by atoms with van der Waals surface area (Å²) in [5, 5.41) is 0. The normalized spacial score (nSPS) is 12.4. The standard InChI is InChI=1S/C18H32O4/c1-7-9-10-16(18(20)22-12-14(5)6)15(8-2)17(19)21-11-13(3)4/h13-14H,7-12H2,1-6H3/b16-15-. The summed E-state index contributed by atoms with van der Waals surface area (Å²) >= 11 is 0. The maximum absolute atomic E-state index is 12.3. The number of esters is 2. The third-order valence-electron chi connectivity index (χ3n) is 3.09. The maximum atomic E-state index is 12.3. The van der Waals surface area contributed by atoms with E-state index in [0.717, 1.165) is 12.8 Å². The Balaban J connectivity index is 5.17. The summed E-state index contributed by atoms with van der Waals surface area (Å²) in [6.07, 6.45) is 2.85. The van der Waals surface area contributed by atoms with E-state index >= 15 is 0 Å². The molecular formula is C18H32O4. The van der Waals surface area contributed by atoms with Gasteiger partial charge in [-0.25, -0.2) is 9.59 Å². The minimum absolute atomic E-state index is 0.272. The van der Waals surface area contributed by atoms with Crippen LogP contribution in [-0.2, 0) is 19.1 Å². The van der Waals surface area contributed by atoms with Crippen molar-refractivity contribution in [1.29, 1.82) is 0 Å². The fraction of sp³-hybridized carbons (Fsp3) is 0.778. The molecule has 0 rings (SSSR count). The zero-order valence-electron chi connectivity index (χ0n) is 15.0. The highest BCUT2D eigenvalue weighted by molar-refractivity contribution is 6.00. The van der Waals surface area contributed by atoms with Crippen molar-refractivity contribution in [3.05, 3.63) is 11.1 Å². The number of hydrogen-bond donors (Lipinski definition) is 0. The lowest BCUT2D eigenvalue weighted by molar-refractivity contribution is -0.143. The molecule has 0 aromatic carbocycles. The van der Waals surface area contributed by atoms with Crippen molar-refractivity contribution in [3.63, 3.8) is 0 Å². The first-order valence-corrected chi connectivity index (χ1v) is 8.39. The Hall–Kier alpha value is -1.32. The molecule has 0 aromatic heterocycles. The van der Waals surface area contributed by atoms with Gasteiger partial charge in [0.15, 0.2) is 0 Å². The molecule has 0 radical (unpaired) electrons. The molecular weight excluding hydrogens is 280 g/mol. The van der Waals surface area contributed by atoms with Crippen molar-refractivity contribution in [2.45, 2.75) is 67.2 Å². The van der Waals surface area contributed by atoms with Crippen LogP contribution in [0.25, 0.3) is 0 Å². The van der Waals surface area contributed by atoms with E-state index in [2.05, 4.69) is 6.92 Å². The molecule has 22 heavy (non-hydrogen) atoms. The third kappa shape index (κ3) is 8.20. The Morgan fingerprint density at radius 3 is 1.64 bits per heavy atom. The van der Waals surface area contributed by atoms with Crippen molar-refractivity contribution in [3.8, 4) is 0 Å². The number of unbranched alkanes of at least 4 members (excludes halogenated alkanes) is 1. The van der Waals surface area contributed by atoms with Gasteiger partial charge in [-0.05, 0) is 31.1 Å². The smallest absolute Gasteiger partial charge is 0.334 e. The van der Waals surface area contributed by atoms with E-state index in [9.17, 15) is 9.59 Å². The van der Waals surface area contributed by atoms with Crippen LogP contribution in [0.3, 0.4) is 0 Å². The molecule has 0 N–H and O–H groups in total. The zero-order chi connectivity index (χ0) is 17.1. The Labute approximate surface area is 135 Å². The molecule has 0 aliphatic carbocycles. The van der Waals surface area contributed by atoms with Crippen molar-refractivity contribution >= 4 is 11.9 Å². The largest absolute Gasteiger partial charge is 0.462 e. The second kappa shape index (κ2) is 11.3. The summed E-state index contributed by atoms with van der Waals surface area (Å²) in [4.78, 5) is 24.5. The van der Waals surface area contributed by atoms with Crippen LogP contribution in [0.2, 0.25) is 0 Å². The molecule has 4 heteroatoms. The van der Waals surface area contributed by atoms with Crippen LogP contribution in [0, 0.1) is 11.8 Å². The highest BCUT2D eigenvalue weighted by atomic mass is 16.5. The highest BCUT2D eigenvalue weighted by Crippen LogP contribution is 2.19. The lowest BCUT2D eigenvalue weighted by Gasteiger charge is -2.15. The van der Waals surface area contributed by atoms with E-state index in [1.54, 1.807) is 0 Å². The zero-order valence-corrected chi connectivity index (χ0v) is 15.0. The predicted octanol–water partition coefficient (Wildman–Crippen LogP) is 4.28. The van der Waals surface area contributed by atoms with Crippen molar-refractivity contribution in [2.75, 3.05) is 13.2 Å². The number of ether oxygens (including phenoxy) is 2. The fourth-order valence-corrected chi connectivity index (χ4v) is 1.87. The second-order valence-corrected chi connectivity index (χ2v) is 6.40. The van der Waals surface area contributed by atoms with Gasteiger partial charge in [0.25, 0.3) is 0 Å². The van der Waals surface area contributed by atoms with Gasteiger partial charge >= 0.3 is 11.9 Å². The fourth-order valence-electron chi connectivity index (χ4n) is 1.87. The topological polar surface area (TPSA) is 52.6 Å². The minimum Gasteiger partial charge on any atom is -0.462 e. The van der Waals surface area contributed by atoms with Crippen LogP contribution in [-0.4, -0.2) is 25.2 Å². The first-order valence-electron chi connectivity index (χ1n) is 8.39. The minimum atomic E-state index is -0.385. The van der Waals surface area contributed by atoms with Crippen LogP contribution >= 0.6 is 0 Å². The molecule has 0 saturated heterocycles. The summed E-state index contributed by atoms with van der Waals surface area (Å²) in [6.45, 7) is 12.6. The third-order valence-corrected chi connectivity index (χ3v) is 3.09. The molecule has 0 bridgehead atoms. The van der Waals surface area contributed by atoms with Gasteiger partial charge in [0.2, 0.25) is 0 Å². The SMILES string of the molecule is CCCC/C(C(=O)OCC(C)C)=C(\CC)C(=O)OCC(C)C. The van der Waals surface area contributed by atoms with Gasteiger partial charge in [-0.2, -0.15) is 0 Å². The van der Waals surface area contributed by atoms with Gasteiger partial charge < -0.3 is 9.47 Å². The summed E-state index contributed by atoms with van der Waals surface area (Å²) in [6, 6.07) is 0. The molecule has 128 valence electrons. The Morgan fingerprint density at radius 2 is 1.27 bits per heavy atom.